The molecule has 7 heteroatoms. The predicted octanol–water partition coefficient (Wildman–Crippen LogP) is 4.07. The zero-order valence-electron chi connectivity index (χ0n) is 12.9. The maximum atomic E-state index is 13.1. The highest BCUT2D eigenvalue weighted by Crippen LogP contribution is 2.46. The first kappa shape index (κ1) is 16.1. The van der Waals surface area contributed by atoms with Gasteiger partial charge in [0.1, 0.15) is 11.3 Å². The summed E-state index contributed by atoms with van der Waals surface area (Å²) < 4.78 is 0. The molecule has 25 heavy (non-hydrogen) atoms. The fraction of sp³-hybridized carbons (Fsp3) is 0.167. The number of imide groups is 1. The first-order valence-electron chi connectivity index (χ1n) is 7.64. The van der Waals surface area contributed by atoms with E-state index in [0.29, 0.717) is 21.4 Å². The Hall–Kier alpha value is -2.37. The maximum Gasteiger partial charge on any atom is 0.336 e. The van der Waals surface area contributed by atoms with Gasteiger partial charge in [0.15, 0.2) is 0 Å². The first-order valence-corrected chi connectivity index (χ1v) is 8.39. The van der Waals surface area contributed by atoms with Crippen LogP contribution in [-0.2, 0) is 9.59 Å². The molecule has 3 amide bonds. The van der Waals surface area contributed by atoms with Crippen LogP contribution in [0.5, 0.6) is 0 Å². The van der Waals surface area contributed by atoms with Crippen molar-refractivity contribution in [2.24, 2.45) is 0 Å². The zero-order valence-corrected chi connectivity index (χ0v) is 14.4. The van der Waals surface area contributed by atoms with Gasteiger partial charge in [0, 0.05) is 28.6 Å². The molecule has 1 aliphatic carbocycles. The summed E-state index contributed by atoms with van der Waals surface area (Å²) in [6.45, 7) is 0. The van der Waals surface area contributed by atoms with Gasteiger partial charge < -0.3 is 0 Å². The number of benzene rings is 2. The van der Waals surface area contributed by atoms with Crippen LogP contribution in [0.3, 0.4) is 0 Å². The number of amides is 3. The molecule has 5 nitrogen and oxygen atoms in total. The third kappa shape index (κ3) is 2.34. The number of carbonyl (C=O) groups excluding carboxylic acids is 3. The van der Waals surface area contributed by atoms with Gasteiger partial charge in [0.2, 0.25) is 0 Å². The summed E-state index contributed by atoms with van der Waals surface area (Å²) in [5.74, 6) is -0.438. The molecule has 2 aliphatic rings. The molecule has 0 radical (unpaired) electrons. The average Bonchev–Trinajstić information content (AvgIpc) is 2.78. The van der Waals surface area contributed by atoms with Crippen molar-refractivity contribution in [2.45, 2.75) is 18.4 Å². The van der Waals surface area contributed by atoms with Crippen molar-refractivity contribution < 1.29 is 14.4 Å². The Balaban J connectivity index is 1.81. The third-order valence-electron chi connectivity index (χ3n) is 4.56. The van der Waals surface area contributed by atoms with Crippen molar-refractivity contribution in [1.82, 2.24) is 0 Å². The van der Waals surface area contributed by atoms with Crippen molar-refractivity contribution in [3.63, 3.8) is 0 Å². The Kier molecular flexibility index (Phi) is 3.60. The maximum absolute atomic E-state index is 13.1. The number of ketones is 1. The van der Waals surface area contributed by atoms with Crippen molar-refractivity contribution in [1.29, 1.82) is 0 Å². The lowest BCUT2D eigenvalue weighted by molar-refractivity contribution is -0.136. The topological polar surface area (TPSA) is 57.7 Å². The van der Waals surface area contributed by atoms with Gasteiger partial charge in [0.25, 0.3) is 5.91 Å². The van der Waals surface area contributed by atoms with Gasteiger partial charge >= 0.3 is 6.03 Å². The predicted molar refractivity (Wildman–Crippen MR) is 95.2 cm³/mol. The summed E-state index contributed by atoms with van der Waals surface area (Å²) in [5.41, 5.74) is -0.192. The monoisotopic (exact) mass is 374 g/mol. The second-order valence-corrected chi connectivity index (χ2v) is 7.01. The molecule has 0 atom stereocenters. The number of hydrogen-bond acceptors (Lipinski definition) is 3. The minimum atomic E-state index is -1.15. The van der Waals surface area contributed by atoms with Crippen LogP contribution in [0.15, 0.2) is 48.5 Å². The Morgan fingerprint density at radius 2 is 1.24 bits per heavy atom. The molecule has 0 bridgehead atoms. The lowest BCUT2D eigenvalue weighted by Gasteiger charge is -2.40. The molecule has 4 rings (SSSR count). The van der Waals surface area contributed by atoms with E-state index in [1.165, 1.54) is 4.90 Å². The Morgan fingerprint density at radius 1 is 0.760 bits per heavy atom. The van der Waals surface area contributed by atoms with Crippen molar-refractivity contribution in [3.8, 4) is 0 Å². The third-order valence-corrected chi connectivity index (χ3v) is 5.06. The molecule has 0 N–H and O–H groups in total. The van der Waals surface area contributed by atoms with E-state index in [1.807, 2.05) is 0 Å². The van der Waals surface area contributed by atoms with Crippen molar-refractivity contribution >= 4 is 52.3 Å². The van der Waals surface area contributed by atoms with E-state index in [9.17, 15) is 14.4 Å². The van der Waals surface area contributed by atoms with E-state index >= 15 is 0 Å². The van der Waals surface area contributed by atoms with E-state index in [4.69, 9.17) is 23.2 Å². The second-order valence-electron chi connectivity index (χ2n) is 6.14. The molecule has 126 valence electrons. The highest BCUT2D eigenvalue weighted by atomic mass is 35.5. The number of carbonyl (C=O) groups is 3. The molecule has 2 aromatic carbocycles. The van der Waals surface area contributed by atoms with Gasteiger partial charge in [0.05, 0.1) is 5.69 Å². The summed E-state index contributed by atoms with van der Waals surface area (Å²) in [4.78, 5) is 40.3. The van der Waals surface area contributed by atoms with E-state index in [-0.39, 0.29) is 18.6 Å². The van der Waals surface area contributed by atoms with E-state index in [2.05, 4.69) is 0 Å². The van der Waals surface area contributed by atoms with Gasteiger partial charge in [-0.2, -0.15) is 0 Å². The molecule has 0 aromatic heterocycles. The van der Waals surface area contributed by atoms with Gasteiger partial charge in [-0.05, 0) is 48.5 Å². The fourth-order valence-corrected chi connectivity index (χ4v) is 3.60. The van der Waals surface area contributed by atoms with Crippen LogP contribution >= 0.6 is 23.2 Å². The van der Waals surface area contributed by atoms with E-state index < -0.39 is 17.5 Å². The standard InChI is InChI=1S/C18H12Cl2N2O3/c19-11-1-5-13(6-2-11)21-16(24)18(9-15(23)10-18)22(17(21)25)14-7-3-12(20)4-8-14/h1-8H,9-10H2. The fourth-order valence-electron chi connectivity index (χ4n) is 3.35. The Morgan fingerprint density at radius 3 is 1.72 bits per heavy atom. The average molecular weight is 375 g/mol. The molecule has 1 heterocycles. The number of halogens is 2. The highest BCUT2D eigenvalue weighted by Gasteiger charge is 2.64. The summed E-state index contributed by atoms with van der Waals surface area (Å²) in [6, 6.07) is 12.6. The summed E-state index contributed by atoms with van der Waals surface area (Å²) in [7, 11) is 0. The SMILES string of the molecule is O=C1CC2(C1)C(=O)N(c1ccc(Cl)cc1)C(=O)N2c1ccc(Cl)cc1. The van der Waals surface area contributed by atoms with Crippen molar-refractivity contribution in [3.05, 3.63) is 58.6 Å². The first-order chi connectivity index (χ1) is 11.9. The molecule has 1 saturated heterocycles. The zero-order chi connectivity index (χ0) is 17.8. The smallest absolute Gasteiger partial charge is 0.299 e. The van der Waals surface area contributed by atoms with Crippen LogP contribution in [0.2, 0.25) is 10.0 Å². The molecular weight excluding hydrogens is 363 g/mol. The van der Waals surface area contributed by atoms with E-state index in [0.717, 1.165) is 4.90 Å². The van der Waals surface area contributed by atoms with Gasteiger partial charge in [-0.15, -0.1) is 0 Å². The Labute approximate surface area is 153 Å². The number of hydrogen-bond donors (Lipinski definition) is 0. The lowest BCUT2D eigenvalue weighted by Crippen LogP contribution is -2.59. The van der Waals surface area contributed by atoms with E-state index in [1.54, 1.807) is 48.5 Å². The normalized spacial score (nSPS) is 18.9. The van der Waals surface area contributed by atoms with Crippen LogP contribution in [0.25, 0.3) is 0 Å². The minimum absolute atomic E-state index is 0.0181. The van der Waals surface area contributed by atoms with Crippen LogP contribution in [0, 0.1) is 0 Å². The van der Waals surface area contributed by atoms with Gasteiger partial charge in [-0.1, -0.05) is 23.2 Å². The Bertz CT molecular complexity index is 886. The molecule has 2 fully saturated rings. The molecule has 1 saturated carbocycles. The molecule has 1 spiro atoms. The van der Waals surface area contributed by atoms with Gasteiger partial charge in [-0.3, -0.25) is 14.5 Å². The summed E-state index contributed by atoms with van der Waals surface area (Å²) >= 11 is 11.8. The molecule has 2 aromatic rings. The van der Waals surface area contributed by atoms with Crippen LogP contribution in [0.4, 0.5) is 16.2 Å². The largest absolute Gasteiger partial charge is 0.336 e. The second kappa shape index (κ2) is 5.58. The summed E-state index contributed by atoms with van der Waals surface area (Å²) in [6.07, 6.45) is 0.0363. The molecule has 0 unspecified atom stereocenters. The highest BCUT2D eigenvalue weighted by molar-refractivity contribution is 6.34. The minimum Gasteiger partial charge on any atom is -0.299 e. The summed E-state index contributed by atoms with van der Waals surface area (Å²) in [5, 5.41) is 1.03. The quantitative estimate of drug-likeness (QED) is 0.744. The number of rotatable bonds is 2. The number of anilines is 2. The van der Waals surface area contributed by atoms with Crippen LogP contribution in [-0.4, -0.2) is 23.3 Å². The number of Topliss-reactive ketones (excluding diaryl/α,β-unsaturated/α-hetero) is 1. The lowest BCUT2D eigenvalue weighted by atomic mass is 9.74. The van der Waals surface area contributed by atoms with Gasteiger partial charge in [-0.25, -0.2) is 9.69 Å². The molecule has 1 aliphatic heterocycles. The van der Waals surface area contributed by atoms with Crippen molar-refractivity contribution in [2.75, 3.05) is 9.80 Å². The van der Waals surface area contributed by atoms with Crippen LogP contribution in [0.1, 0.15) is 12.8 Å². The number of nitrogens with zero attached hydrogens (tertiary/aromatic N) is 2. The number of urea groups is 1. The van der Waals surface area contributed by atoms with Crippen LogP contribution < -0.4 is 9.80 Å². The molecular formula is C18H12Cl2N2O3.